The zero-order chi connectivity index (χ0) is 9.26. The number of halogens is 1. The molecule has 0 saturated carbocycles. The first-order valence-corrected chi connectivity index (χ1v) is 5.60. The van der Waals surface area contributed by atoms with E-state index in [1.807, 2.05) is 6.07 Å². The van der Waals surface area contributed by atoms with Crippen molar-refractivity contribution in [3.8, 4) is 0 Å². The van der Waals surface area contributed by atoms with Crippen molar-refractivity contribution in [1.29, 1.82) is 0 Å². The normalized spacial score (nSPS) is 17.8. The van der Waals surface area contributed by atoms with Crippen molar-refractivity contribution in [1.82, 2.24) is 10.2 Å². The minimum Gasteiger partial charge on any atom is -0.314 e. The molecular formula is C9H13ClN2S. The van der Waals surface area contributed by atoms with Gasteiger partial charge < -0.3 is 5.32 Å². The zero-order valence-electron chi connectivity index (χ0n) is 7.59. The molecule has 2 heterocycles. The lowest BCUT2D eigenvalue weighted by atomic mass is 10.1. The van der Waals surface area contributed by atoms with E-state index >= 15 is 0 Å². The third-order valence-electron chi connectivity index (χ3n) is 2.42. The van der Waals surface area contributed by atoms with E-state index in [1.165, 1.54) is 4.88 Å². The number of rotatable bonds is 3. The van der Waals surface area contributed by atoms with Crippen LogP contribution in [0.3, 0.4) is 0 Å². The predicted octanol–water partition coefficient (Wildman–Crippen LogP) is 1.81. The summed E-state index contributed by atoms with van der Waals surface area (Å²) in [5.41, 5.74) is 0. The van der Waals surface area contributed by atoms with Gasteiger partial charge in [0.15, 0.2) is 0 Å². The second-order valence-corrected chi connectivity index (χ2v) is 5.23. The molecular weight excluding hydrogens is 204 g/mol. The molecule has 1 fully saturated rings. The molecule has 1 aromatic heterocycles. The number of hydrogen-bond acceptors (Lipinski definition) is 3. The summed E-state index contributed by atoms with van der Waals surface area (Å²) in [5.74, 6) is 0. The van der Waals surface area contributed by atoms with Crippen LogP contribution >= 0.6 is 22.9 Å². The van der Waals surface area contributed by atoms with Gasteiger partial charge in [-0.1, -0.05) is 11.6 Å². The number of likely N-dealkylation sites (N-methyl/N-ethyl adjacent to an activating group) is 1. The average molecular weight is 217 g/mol. The van der Waals surface area contributed by atoms with Gasteiger partial charge in [-0.2, -0.15) is 0 Å². The highest BCUT2D eigenvalue weighted by Gasteiger charge is 2.21. The Morgan fingerprint density at radius 3 is 2.85 bits per heavy atom. The van der Waals surface area contributed by atoms with Crippen LogP contribution < -0.4 is 5.32 Å². The topological polar surface area (TPSA) is 15.3 Å². The lowest BCUT2D eigenvalue weighted by Crippen LogP contribution is -2.55. The van der Waals surface area contributed by atoms with Crippen LogP contribution in [-0.2, 0) is 6.54 Å². The van der Waals surface area contributed by atoms with Gasteiger partial charge in [-0.05, 0) is 19.2 Å². The largest absolute Gasteiger partial charge is 0.314 e. The molecule has 1 aliphatic rings. The number of hydrogen-bond donors (Lipinski definition) is 1. The molecule has 13 heavy (non-hydrogen) atoms. The zero-order valence-corrected chi connectivity index (χ0v) is 9.16. The minimum atomic E-state index is 0.709. The molecule has 0 atom stereocenters. The Morgan fingerprint density at radius 2 is 2.38 bits per heavy atom. The van der Waals surface area contributed by atoms with Gasteiger partial charge in [-0.3, -0.25) is 4.90 Å². The Kier molecular flexibility index (Phi) is 2.89. The Bertz CT molecular complexity index is 283. The van der Waals surface area contributed by atoms with Gasteiger partial charge in [0.05, 0.1) is 4.34 Å². The van der Waals surface area contributed by atoms with E-state index in [9.17, 15) is 0 Å². The molecule has 1 aliphatic heterocycles. The summed E-state index contributed by atoms with van der Waals surface area (Å²) in [6, 6.07) is 4.78. The molecule has 72 valence electrons. The maximum Gasteiger partial charge on any atom is 0.0931 e. The van der Waals surface area contributed by atoms with E-state index in [2.05, 4.69) is 23.3 Å². The van der Waals surface area contributed by atoms with E-state index < -0.39 is 0 Å². The fourth-order valence-electron chi connectivity index (χ4n) is 1.40. The van der Waals surface area contributed by atoms with Crippen molar-refractivity contribution in [2.45, 2.75) is 12.6 Å². The SMILES string of the molecule is CN(Cc1ccc(Cl)s1)C1CNC1. The van der Waals surface area contributed by atoms with E-state index in [0.29, 0.717) is 6.04 Å². The summed E-state index contributed by atoms with van der Waals surface area (Å²) in [5, 5.41) is 3.27. The van der Waals surface area contributed by atoms with Crippen LogP contribution in [0.1, 0.15) is 4.88 Å². The molecule has 2 nitrogen and oxygen atoms in total. The lowest BCUT2D eigenvalue weighted by molar-refractivity contribution is 0.174. The standard InChI is InChI=1S/C9H13ClN2S/c1-12(7-4-11-5-7)6-8-2-3-9(10)13-8/h2-3,7,11H,4-6H2,1H3. The van der Waals surface area contributed by atoms with Crippen molar-refractivity contribution in [3.63, 3.8) is 0 Å². The van der Waals surface area contributed by atoms with Gasteiger partial charge >= 0.3 is 0 Å². The van der Waals surface area contributed by atoms with Gasteiger partial charge in [0.25, 0.3) is 0 Å². The van der Waals surface area contributed by atoms with E-state index in [1.54, 1.807) is 11.3 Å². The predicted molar refractivity (Wildman–Crippen MR) is 57.5 cm³/mol. The summed E-state index contributed by atoms with van der Waals surface area (Å²) >= 11 is 7.53. The monoisotopic (exact) mass is 216 g/mol. The summed E-state index contributed by atoms with van der Waals surface area (Å²) < 4.78 is 0.884. The maximum atomic E-state index is 5.86. The third kappa shape index (κ3) is 2.23. The maximum absolute atomic E-state index is 5.86. The minimum absolute atomic E-state index is 0.709. The molecule has 1 N–H and O–H groups in total. The van der Waals surface area contributed by atoms with E-state index in [0.717, 1.165) is 24.0 Å². The van der Waals surface area contributed by atoms with Crippen LogP contribution in [0.15, 0.2) is 12.1 Å². The summed E-state index contributed by atoms with van der Waals surface area (Å²) in [6.45, 7) is 3.26. The number of thiophene rings is 1. The van der Waals surface area contributed by atoms with Crippen LogP contribution in [-0.4, -0.2) is 31.1 Å². The fourth-order valence-corrected chi connectivity index (χ4v) is 2.55. The Labute approximate surface area is 87.5 Å². The number of nitrogens with one attached hydrogen (secondary N) is 1. The Hall–Kier alpha value is -0.0900. The number of nitrogens with zero attached hydrogens (tertiary/aromatic N) is 1. The van der Waals surface area contributed by atoms with Gasteiger partial charge in [0.1, 0.15) is 0 Å². The lowest BCUT2D eigenvalue weighted by Gasteiger charge is -2.35. The first kappa shape index (κ1) is 9.46. The highest BCUT2D eigenvalue weighted by Crippen LogP contribution is 2.23. The molecule has 1 saturated heterocycles. The molecule has 0 aliphatic carbocycles. The molecule has 0 unspecified atom stereocenters. The second-order valence-electron chi connectivity index (χ2n) is 3.43. The summed E-state index contributed by atoms with van der Waals surface area (Å²) in [6.07, 6.45) is 0. The molecule has 0 radical (unpaired) electrons. The highest BCUT2D eigenvalue weighted by atomic mass is 35.5. The van der Waals surface area contributed by atoms with Crippen molar-refractivity contribution in [2.24, 2.45) is 0 Å². The molecule has 1 aromatic rings. The van der Waals surface area contributed by atoms with Crippen LogP contribution in [0.4, 0.5) is 0 Å². The van der Waals surface area contributed by atoms with Crippen LogP contribution in [0.25, 0.3) is 0 Å². The fraction of sp³-hybridized carbons (Fsp3) is 0.556. The van der Waals surface area contributed by atoms with E-state index in [4.69, 9.17) is 11.6 Å². The van der Waals surface area contributed by atoms with Crippen molar-refractivity contribution in [2.75, 3.05) is 20.1 Å². The molecule has 0 spiro atoms. The van der Waals surface area contributed by atoms with Gasteiger partial charge in [-0.15, -0.1) is 11.3 Å². The molecule has 0 aromatic carbocycles. The first-order valence-electron chi connectivity index (χ1n) is 4.41. The molecule has 2 rings (SSSR count). The average Bonchev–Trinajstić information content (AvgIpc) is 2.31. The smallest absolute Gasteiger partial charge is 0.0931 e. The van der Waals surface area contributed by atoms with E-state index in [-0.39, 0.29) is 0 Å². The van der Waals surface area contributed by atoms with Crippen molar-refractivity contribution < 1.29 is 0 Å². The summed E-state index contributed by atoms with van der Waals surface area (Å²) in [7, 11) is 2.17. The van der Waals surface area contributed by atoms with Crippen LogP contribution in [0, 0.1) is 0 Å². The highest BCUT2D eigenvalue weighted by molar-refractivity contribution is 7.16. The molecule has 0 amide bonds. The second kappa shape index (κ2) is 3.96. The van der Waals surface area contributed by atoms with Crippen molar-refractivity contribution in [3.05, 3.63) is 21.3 Å². The third-order valence-corrected chi connectivity index (χ3v) is 3.63. The van der Waals surface area contributed by atoms with Crippen molar-refractivity contribution >= 4 is 22.9 Å². The summed E-state index contributed by atoms with van der Waals surface area (Å²) in [4.78, 5) is 3.72. The van der Waals surface area contributed by atoms with Gasteiger partial charge in [0.2, 0.25) is 0 Å². The molecule has 4 heteroatoms. The van der Waals surface area contributed by atoms with Crippen LogP contribution in [0.5, 0.6) is 0 Å². The Morgan fingerprint density at radius 1 is 1.62 bits per heavy atom. The van der Waals surface area contributed by atoms with Gasteiger partial charge in [0, 0.05) is 30.6 Å². The van der Waals surface area contributed by atoms with Crippen LogP contribution in [0.2, 0.25) is 4.34 Å². The van der Waals surface area contributed by atoms with Gasteiger partial charge in [-0.25, -0.2) is 0 Å². The molecule has 0 bridgehead atoms. The quantitative estimate of drug-likeness (QED) is 0.829. The first-order chi connectivity index (χ1) is 6.25. The Balaban J connectivity index is 1.89.